The lowest BCUT2D eigenvalue weighted by atomic mass is 9.73. The number of hydrogen-bond acceptors (Lipinski definition) is 6. The fourth-order valence-electron chi connectivity index (χ4n) is 3.73. The number of allylic oxidation sites excluding steroid dienone is 2. The van der Waals surface area contributed by atoms with Gasteiger partial charge in [0.25, 0.3) is 5.82 Å². The third-order valence-electron chi connectivity index (χ3n) is 4.82. The second-order valence-electron chi connectivity index (χ2n) is 7.47. The van der Waals surface area contributed by atoms with Crippen molar-refractivity contribution in [3.63, 3.8) is 0 Å². The number of anilines is 1. The number of carbonyl (C=O) groups is 2. The minimum atomic E-state index is -0.606. The van der Waals surface area contributed by atoms with Gasteiger partial charge >= 0.3 is 5.97 Å². The zero-order chi connectivity index (χ0) is 18.5. The number of nitrogens with one attached hydrogen (secondary N) is 1. The number of benzene rings is 1. The lowest BCUT2D eigenvalue weighted by Crippen LogP contribution is -2.36. The number of Topliss-reactive ketones (excluding diaryl/α,β-unsaturated/α-hetero) is 1. The van der Waals surface area contributed by atoms with Crippen LogP contribution in [0.25, 0.3) is 0 Å². The van der Waals surface area contributed by atoms with Crippen LogP contribution in [0.15, 0.2) is 41.6 Å². The van der Waals surface area contributed by atoms with Crippen LogP contribution in [0.1, 0.15) is 48.9 Å². The first kappa shape index (κ1) is 16.5. The molecule has 2 aromatic rings. The molecule has 0 amide bonds. The summed E-state index contributed by atoms with van der Waals surface area (Å²) in [6.07, 6.45) is 1.21. The molecule has 2 heterocycles. The van der Waals surface area contributed by atoms with E-state index in [2.05, 4.69) is 29.2 Å². The molecule has 1 atom stereocenters. The van der Waals surface area contributed by atoms with Crippen molar-refractivity contribution in [1.29, 1.82) is 0 Å². The van der Waals surface area contributed by atoms with Crippen LogP contribution in [0, 0.1) is 5.41 Å². The van der Waals surface area contributed by atoms with Gasteiger partial charge in [-0.3, -0.25) is 4.79 Å². The Morgan fingerprint density at radius 2 is 2.00 bits per heavy atom. The minimum absolute atomic E-state index is 0.0255. The number of nitrogens with zero attached hydrogens (tertiary/aromatic N) is 3. The fraction of sp³-hybridized carbons (Fsp3) is 0.368. The molecule has 0 saturated carbocycles. The second kappa shape index (κ2) is 5.79. The Bertz CT molecular complexity index is 928. The average molecular weight is 352 g/mol. The largest absolute Gasteiger partial charge is 0.463 e. The summed E-state index contributed by atoms with van der Waals surface area (Å²) in [6.45, 7) is 4.15. The Hall–Kier alpha value is -2.96. The van der Waals surface area contributed by atoms with Crippen molar-refractivity contribution in [2.75, 3.05) is 12.4 Å². The van der Waals surface area contributed by atoms with Crippen LogP contribution < -0.4 is 5.32 Å². The molecule has 1 N–H and O–H groups in total. The molecule has 26 heavy (non-hydrogen) atoms. The number of esters is 1. The van der Waals surface area contributed by atoms with E-state index < -0.39 is 12.0 Å². The summed E-state index contributed by atoms with van der Waals surface area (Å²) in [5, 5.41) is 7.55. The second-order valence-corrected chi connectivity index (χ2v) is 7.47. The van der Waals surface area contributed by atoms with Crippen molar-refractivity contribution >= 4 is 17.7 Å². The summed E-state index contributed by atoms with van der Waals surface area (Å²) < 4.78 is 6.35. The quantitative estimate of drug-likeness (QED) is 0.837. The van der Waals surface area contributed by atoms with Crippen molar-refractivity contribution in [3.8, 4) is 0 Å². The van der Waals surface area contributed by atoms with Gasteiger partial charge in [-0.2, -0.15) is 4.98 Å². The number of methoxy groups -OCH3 is 1. The van der Waals surface area contributed by atoms with E-state index in [0.29, 0.717) is 17.9 Å². The Morgan fingerprint density at radius 3 is 2.69 bits per heavy atom. The van der Waals surface area contributed by atoms with Crippen LogP contribution in [0.5, 0.6) is 0 Å². The lowest BCUT2D eigenvalue weighted by Gasteiger charge is -2.38. The lowest BCUT2D eigenvalue weighted by molar-refractivity contribution is -0.118. The van der Waals surface area contributed by atoms with E-state index in [0.717, 1.165) is 17.7 Å². The molecule has 1 unspecified atom stereocenters. The van der Waals surface area contributed by atoms with E-state index >= 15 is 0 Å². The summed E-state index contributed by atoms with van der Waals surface area (Å²) in [6, 6.07) is 9.28. The molecule has 1 aromatic carbocycles. The number of ether oxygens (including phenoxy) is 1. The maximum Gasteiger partial charge on any atom is 0.378 e. The molecule has 0 spiro atoms. The summed E-state index contributed by atoms with van der Waals surface area (Å²) in [4.78, 5) is 29.2. The number of rotatable bonds is 2. The first-order valence-corrected chi connectivity index (χ1v) is 8.53. The Balaban J connectivity index is 1.90. The van der Waals surface area contributed by atoms with Crippen molar-refractivity contribution in [2.45, 2.75) is 32.7 Å². The van der Waals surface area contributed by atoms with Gasteiger partial charge in [-0.15, -0.1) is 5.10 Å². The minimum Gasteiger partial charge on any atom is -0.463 e. The number of fused-ring (bicyclic) bond motifs is 1. The van der Waals surface area contributed by atoms with E-state index in [-0.39, 0.29) is 17.0 Å². The molecule has 0 bridgehead atoms. The van der Waals surface area contributed by atoms with Gasteiger partial charge in [-0.25, -0.2) is 9.48 Å². The van der Waals surface area contributed by atoms with Gasteiger partial charge in [0.1, 0.15) is 6.04 Å². The Morgan fingerprint density at radius 1 is 1.27 bits per heavy atom. The number of aromatic nitrogens is 3. The van der Waals surface area contributed by atoms with Crippen molar-refractivity contribution < 1.29 is 14.3 Å². The number of carbonyl (C=O) groups excluding carboxylic acids is 2. The van der Waals surface area contributed by atoms with Crippen molar-refractivity contribution in [1.82, 2.24) is 14.8 Å². The smallest absolute Gasteiger partial charge is 0.378 e. The molecule has 0 radical (unpaired) electrons. The third kappa shape index (κ3) is 2.60. The Kier molecular flexibility index (Phi) is 3.68. The summed E-state index contributed by atoms with van der Waals surface area (Å²) in [5.74, 6) is -0.0884. The van der Waals surface area contributed by atoms with Gasteiger partial charge in [0.05, 0.1) is 7.11 Å². The predicted octanol–water partition coefficient (Wildman–Crippen LogP) is 2.72. The predicted molar refractivity (Wildman–Crippen MR) is 94.6 cm³/mol. The molecule has 7 nitrogen and oxygen atoms in total. The molecule has 1 aromatic heterocycles. The highest BCUT2D eigenvalue weighted by Gasteiger charge is 2.42. The van der Waals surface area contributed by atoms with Crippen LogP contribution in [0.3, 0.4) is 0 Å². The van der Waals surface area contributed by atoms with E-state index in [4.69, 9.17) is 4.74 Å². The molecular weight excluding hydrogens is 332 g/mol. The van der Waals surface area contributed by atoms with Gasteiger partial charge in [0.2, 0.25) is 5.95 Å². The standard InChI is InChI=1S/C19H20N4O3/c1-19(2)9-12-14(13(24)10-19)15(11-7-5-4-6-8-11)23-18(20-12)21-16(22-23)17(25)26-3/h4-8,15H,9-10H2,1-3H3,(H,20,21,22). The molecule has 2 aliphatic rings. The van der Waals surface area contributed by atoms with Crippen molar-refractivity contribution in [2.24, 2.45) is 5.41 Å². The van der Waals surface area contributed by atoms with Crippen LogP contribution >= 0.6 is 0 Å². The van der Waals surface area contributed by atoms with E-state index in [1.807, 2.05) is 30.3 Å². The highest BCUT2D eigenvalue weighted by Crippen LogP contribution is 2.45. The summed E-state index contributed by atoms with van der Waals surface area (Å²) >= 11 is 0. The normalized spacial score (nSPS) is 20.9. The maximum atomic E-state index is 13.0. The molecule has 0 fully saturated rings. The first-order chi connectivity index (χ1) is 12.4. The number of ketones is 1. The Labute approximate surface area is 151 Å². The average Bonchev–Trinajstić information content (AvgIpc) is 3.02. The van der Waals surface area contributed by atoms with Gasteiger partial charge in [0.15, 0.2) is 5.78 Å². The van der Waals surface area contributed by atoms with Crippen LogP contribution in [-0.4, -0.2) is 33.6 Å². The highest BCUT2D eigenvalue weighted by atomic mass is 16.5. The molecule has 1 aliphatic heterocycles. The third-order valence-corrected chi connectivity index (χ3v) is 4.82. The van der Waals surface area contributed by atoms with Crippen LogP contribution in [0.2, 0.25) is 0 Å². The van der Waals surface area contributed by atoms with Gasteiger partial charge < -0.3 is 10.1 Å². The van der Waals surface area contributed by atoms with Crippen LogP contribution in [-0.2, 0) is 9.53 Å². The zero-order valence-electron chi connectivity index (χ0n) is 14.9. The molecule has 1 aliphatic carbocycles. The molecule has 0 saturated heterocycles. The summed E-state index contributed by atoms with van der Waals surface area (Å²) in [7, 11) is 1.29. The van der Waals surface area contributed by atoms with Crippen molar-refractivity contribution in [3.05, 3.63) is 53.0 Å². The molecule has 7 heteroatoms. The van der Waals surface area contributed by atoms with E-state index in [1.54, 1.807) is 4.68 Å². The topological polar surface area (TPSA) is 86.1 Å². The maximum absolute atomic E-state index is 13.0. The SMILES string of the molecule is COC(=O)c1nc2n(n1)C(c1ccccc1)C1=C(CC(C)(C)CC1=O)N2. The highest BCUT2D eigenvalue weighted by molar-refractivity contribution is 6.00. The van der Waals surface area contributed by atoms with Gasteiger partial charge in [0, 0.05) is 17.7 Å². The van der Waals surface area contributed by atoms with E-state index in [9.17, 15) is 9.59 Å². The zero-order valence-corrected chi connectivity index (χ0v) is 14.9. The first-order valence-electron chi connectivity index (χ1n) is 8.53. The summed E-state index contributed by atoms with van der Waals surface area (Å²) in [5.41, 5.74) is 2.36. The monoisotopic (exact) mass is 352 g/mol. The fourth-order valence-corrected chi connectivity index (χ4v) is 3.73. The van der Waals surface area contributed by atoms with Gasteiger partial charge in [-0.05, 0) is 17.4 Å². The van der Waals surface area contributed by atoms with E-state index in [1.165, 1.54) is 7.11 Å². The van der Waals surface area contributed by atoms with Crippen LogP contribution in [0.4, 0.5) is 5.95 Å². The molecule has 4 rings (SSSR count). The molecule has 134 valence electrons. The molecular formula is C19H20N4O3. The van der Waals surface area contributed by atoms with Gasteiger partial charge in [-0.1, -0.05) is 44.2 Å². The number of hydrogen-bond donors (Lipinski definition) is 1.